The van der Waals surface area contributed by atoms with E-state index in [9.17, 15) is 10.1 Å². The second-order valence-corrected chi connectivity index (χ2v) is 5.13. The Bertz CT molecular complexity index is 456. The molecule has 0 aliphatic carbocycles. The Morgan fingerprint density at radius 1 is 1.26 bits per heavy atom. The summed E-state index contributed by atoms with van der Waals surface area (Å²) < 4.78 is 5.72. The van der Waals surface area contributed by atoms with Crippen molar-refractivity contribution < 1.29 is 9.34 Å². The minimum atomic E-state index is -0.696. The molecule has 1 atom stereocenters. The first-order valence-electron chi connectivity index (χ1n) is 6.86. The molecule has 7 nitrogen and oxygen atoms in total. The number of rotatable bonds is 3. The first-order chi connectivity index (χ1) is 9.25. The molecule has 2 aliphatic rings. The topological polar surface area (TPSA) is 75.7 Å². The van der Waals surface area contributed by atoms with Crippen molar-refractivity contribution >= 4 is 11.9 Å². The average molecular weight is 266 g/mol. The fourth-order valence-electron chi connectivity index (χ4n) is 2.83. The van der Waals surface area contributed by atoms with Crippen LogP contribution in [0.3, 0.4) is 0 Å². The highest BCUT2D eigenvalue weighted by atomic mass is 16.6. The molecule has 0 radical (unpaired) electrons. The summed E-state index contributed by atoms with van der Waals surface area (Å²) in [5, 5.41) is 11.1. The lowest BCUT2D eigenvalue weighted by Crippen LogP contribution is -2.44. The third kappa shape index (κ3) is 2.36. The molecule has 3 heterocycles. The van der Waals surface area contributed by atoms with Gasteiger partial charge in [0.25, 0.3) is 6.17 Å². The van der Waals surface area contributed by atoms with Gasteiger partial charge in [0.15, 0.2) is 0 Å². The molecule has 0 N–H and O–H groups in total. The summed E-state index contributed by atoms with van der Waals surface area (Å²) in [6.07, 6.45) is 5.72. The van der Waals surface area contributed by atoms with Crippen molar-refractivity contribution in [3.8, 4) is 0 Å². The summed E-state index contributed by atoms with van der Waals surface area (Å²) in [7, 11) is 0. The van der Waals surface area contributed by atoms with Crippen molar-refractivity contribution in [2.24, 2.45) is 0 Å². The third-order valence-corrected chi connectivity index (χ3v) is 3.86. The quantitative estimate of drug-likeness (QED) is 0.614. The lowest BCUT2D eigenvalue weighted by atomic mass is 10.1. The van der Waals surface area contributed by atoms with Crippen LogP contribution in [0.15, 0.2) is 10.6 Å². The molecule has 7 heteroatoms. The highest BCUT2D eigenvalue weighted by Crippen LogP contribution is 2.29. The van der Waals surface area contributed by atoms with Crippen LogP contribution < -0.4 is 9.80 Å². The number of oxazole rings is 1. The maximum atomic E-state index is 11.1. The Labute approximate surface area is 111 Å². The summed E-state index contributed by atoms with van der Waals surface area (Å²) >= 11 is 0. The number of nitrogens with zero attached hydrogens (tertiary/aromatic N) is 4. The molecule has 2 saturated heterocycles. The highest BCUT2D eigenvalue weighted by Gasteiger charge is 2.34. The van der Waals surface area contributed by atoms with E-state index in [2.05, 4.69) is 9.88 Å². The van der Waals surface area contributed by atoms with Crippen molar-refractivity contribution in [2.75, 3.05) is 29.4 Å². The molecule has 3 rings (SSSR count). The van der Waals surface area contributed by atoms with Crippen LogP contribution in [0.25, 0.3) is 0 Å². The summed E-state index contributed by atoms with van der Waals surface area (Å²) in [5.41, 5.74) is 0. The van der Waals surface area contributed by atoms with Crippen LogP contribution in [0.2, 0.25) is 0 Å². The molecule has 1 aromatic heterocycles. The summed E-state index contributed by atoms with van der Waals surface area (Å²) in [6, 6.07) is 0.392. The van der Waals surface area contributed by atoms with Crippen LogP contribution in [0, 0.1) is 10.1 Å². The van der Waals surface area contributed by atoms with E-state index in [1.54, 1.807) is 11.1 Å². The Hall–Kier alpha value is -1.79. The normalized spacial score (nSPS) is 23.9. The number of hydrogen-bond acceptors (Lipinski definition) is 6. The lowest BCUT2D eigenvalue weighted by Gasteiger charge is -2.28. The fourth-order valence-corrected chi connectivity index (χ4v) is 2.83. The predicted molar refractivity (Wildman–Crippen MR) is 69.9 cm³/mol. The Kier molecular flexibility index (Phi) is 3.27. The van der Waals surface area contributed by atoms with E-state index < -0.39 is 6.17 Å². The molecule has 19 heavy (non-hydrogen) atoms. The standard InChI is InChI=1S/C12H18N4O3/c17-16(18)10-5-1-2-8-15(10)12-13-9-11(19-12)14-6-3-4-7-14/h9-10H,1-8H2. The summed E-state index contributed by atoms with van der Waals surface area (Å²) in [6.45, 7) is 2.60. The van der Waals surface area contributed by atoms with Gasteiger partial charge in [0.1, 0.15) is 0 Å². The number of nitro groups is 1. The van der Waals surface area contributed by atoms with Gasteiger partial charge in [-0.15, -0.1) is 0 Å². The van der Waals surface area contributed by atoms with Gasteiger partial charge in [-0.05, 0) is 25.7 Å². The molecular formula is C12H18N4O3. The van der Waals surface area contributed by atoms with Crippen LogP contribution in [0.4, 0.5) is 11.9 Å². The minimum absolute atomic E-state index is 0.237. The molecule has 1 aromatic rings. The van der Waals surface area contributed by atoms with Crippen LogP contribution >= 0.6 is 0 Å². The van der Waals surface area contributed by atoms with Crippen LogP contribution in [-0.4, -0.2) is 35.7 Å². The van der Waals surface area contributed by atoms with Gasteiger partial charge in [-0.2, -0.15) is 4.98 Å². The molecule has 0 aromatic carbocycles. The van der Waals surface area contributed by atoms with Crippen LogP contribution in [-0.2, 0) is 0 Å². The molecule has 0 bridgehead atoms. The number of anilines is 2. The molecule has 0 amide bonds. The van der Waals surface area contributed by atoms with Crippen molar-refractivity contribution in [2.45, 2.75) is 38.3 Å². The predicted octanol–water partition coefficient (Wildman–Crippen LogP) is 1.87. The van der Waals surface area contributed by atoms with Gasteiger partial charge in [-0.1, -0.05) is 0 Å². The van der Waals surface area contributed by atoms with E-state index in [0.717, 1.165) is 44.7 Å². The van der Waals surface area contributed by atoms with Crippen molar-refractivity contribution in [3.05, 3.63) is 16.3 Å². The minimum Gasteiger partial charge on any atom is -0.407 e. The summed E-state index contributed by atoms with van der Waals surface area (Å²) in [5.74, 6) is 0.736. The zero-order valence-electron chi connectivity index (χ0n) is 10.8. The zero-order valence-corrected chi connectivity index (χ0v) is 10.8. The lowest BCUT2D eigenvalue weighted by molar-refractivity contribution is -0.524. The van der Waals surface area contributed by atoms with E-state index in [-0.39, 0.29) is 4.92 Å². The van der Waals surface area contributed by atoms with Gasteiger partial charge in [-0.3, -0.25) is 15.0 Å². The molecule has 104 valence electrons. The maximum Gasteiger partial charge on any atom is 0.304 e. The van der Waals surface area contributed by atoms with Crippen molar-refractivity contribution in [1.29, 1.82) is 0 Å². The first kappa shape index (κ1) is 12.3. The maximum absolute atomic E-state index is 11.1. The number of piperidine rings is 1. The summed E-state index contributed by atoms with van der Waals surface area (Å²) in [4.78, 5) is 18.9. The third-order valence-electron chi connectivity index (χ3n) is 3.86. The molecule has 0 saturated carbocycles. The second kappa shape index (κ2) is 5.07. The van der Waals surface area contributed by atoms with Gasteiger partial charge in [0.05, 0.1) is 6.20 Å². The van der Waals surface area contributed by atoms with Gasteiger partial charge >= 0.3 is 6.01 Å². The molecular weight excluding hydrogens is 248 g/mol. The van der Waals surface area contributed by atoms with E-state index >= 15 is 0 Å². The molecule has 1 unspecified atom stereocenters. The molecule has 2 aliphatic heterocycles. The largest absolute Gasteiger partial charge is 0.407 e. The van der Waals surface area contributed by atoms with Crippen LogP contribution in [0.5, 0.6) is 0 Å². The van der Waals surface area contributed by atoms with Gasteiger partial charge in [0.2, 0.25) is 5.88 Å². The smallest absolute Gasteiger partial charge is 0.304 e. The SMILES string of the molecule is O=[N+]([O-])C1CCCCN1c1ncc(N2CCCC2)o1. The van der Waals surface area contributed by atoms with E-state index in [1.165, 1.54) is 0 Å². The fraction of sp³-hybridized carbons (Fsp3) is 0.750. The number of hydrogen-bond donors (Lipinski definition) is 0. The van der Waals surface area contributed by atoms with Crippen LogP contribution in [0.1, 0.15) is 32.1 Å². The van der Waals surface area contributed by atoms with Crippen molar-refractivity contribution in [3.63, 3.8) is 0 Å². The second-order valence-electron chi connectivity index (χ2n) is 5.13. The van der Waals surface area contributed by atoms with Gasteiger partial charge in [-0.25, -0.2) is 0 Å². The van der Waals surface area contributed by atoms with E-state index in [4.69, 9.17) is 4.42 Å². The Morgan fingerprint density at radius 3 is 2.74 bits per heavy atom. The monoisotopic (exact) mass is 266 g/mol. The average Bonchev–Trinajstić information content (AvgIpc) is 3.09. The van der Waals surface area contributed by atoms with Gasteiger partial charge < -0.3 is 9.32 Å². The first-order valence-corrected chi connectivity index (χ1v) is 6.86. The molecule has 0 spiro atoms. The Morgan fingerprint density at radius 2 is 2.00 bits per heavy atom. The van der Waals surface area contributed by atoms with E-state index in [1.807, 2.05) is 0 Å². The van der Waals surface area contributed by atoms with Gasteiger partial charge in [0, 0.05) is 31.0 Å². The number of aromatic nitrogens is 1. The zero-order chi connectivity index (χ0) is 13.2. The van der Waals surface area contributed by atoms with E-state index in [0.29, 0.717) is 19.0 Å². The Balaban J connectivity index is 1.78. The van der Waals surface area contributed by atoms with Crippen molar-refractivity contribution in [1.82, 2.24) is 4.98 Å². The highest BCUT2D eigenvalue weighted by molar-refractivity contribution is 5.40. The molecule has 2 fully saturated rings.